The predicted octanol–water partition coefficient (Wildman–Crippen LogP) is 1.50. The van der Waals surface area contributed by atoms with Crippen LogP contribution < -0.4 is 10.5 Å². The van der Waals surface area contributed by atoms with Crippen LogP contribution in [0.25, 0.3) is 0 Å². The van der Waals surface area contributed by atoms with E-state index in [1.165, 1.54) is 0 Å². The topological polar surface area (TPSA) is 72.2 Å². The lowest BCUT2D eigenvalue weighted by Crippen LogP contribution is -2.29. The highest BCUT2D eigenvalue weighted by atomic mass is 32.2. The van der Waals surface area contributed by atoms with Crippen molar-refractivity contribution in [3.63, 3.8) is 0 Å². The number of sulfonamides is 1. The van der Waals surface area contributed by atoms with E-state index in [1.54, 1.807) is 0 Å². The second-order valence-electron chi connectivity index (χ2n) is 5.46. The van der Waals surface area contributed by atoms with Crippen molar-refractivity contribution in [2.75, 3.05) is 0 Å². The molecule has 0 radical (unpaired) electrons. The van der Waals surface area contributed by atoms with Gasteiger partial charge in [-0.05, 0) is 29.5 Å². The van der Waals surface area contributed by atoms with Crippen LogP contribution in [0.15, 0.2) is 17.0 Å². The highest BCUT2D eigenvalue weighted by molar-refractivity contribution is 7.89. The zero-order valence-electron chi connectivity index (χ0n) is 10.7. The van der Waals surface area contributed by atoms with Crippen LogP contribution in [0.2, 0.25) is 0 Å². The number of hydrogen-bond donors (Lipinski definition) is 2. The second-order valence-corrected chi connectivity index (χ2v) is 7.14. The average molecular weight is 290 g/mol. The molecule has 0 heterocycles. The molecule has 106 valence electrons. The minimum absolute atomic E-state index is 0.0609. The summed E-state index contributed by atoms with van der Waals surface area (Å²) in [4.78, 5) is -0.685. The summed E-state index contributed by atoms with van der Waals surface area (Å²) < 4.78 is 53.5. The highest BCUT2D eigenvalue weighted by Crippen LogP contribution is 2.45. The fourth-order valence-corrected chi connectivity index (χ4v) is 3.39. The first-order chi connectivity index (χ1) is 8.67. The molecule has 3 N–H and O–H groups in total. The summed E-state index contributed by atoms with van der Waals surface area (Å²) in [6.45, 7) is 3.73. The molecule has 1 aliphatic rings. The molecule has 2 rings (SSSR count). The van der Waals surface area contributed by atoms with Crippen molar-refractivity contribution in [3.05, 3.63) is 29.3 Å². The number of nitrogens with two attached hydrogens (primary N) is 1. The normalized spacial score (nSPS) is 21.4. The molecular weight excluding hydrogens is 274 g/mol. The molecule has 1 aliphatic carbocycles. The summed E-state index contributed by atoms with van der Waals surface area (Å²) in [5.41, 5.74) is 5.42. The molecule has 0 aliphatic heterocycles. The first kappa shape index (κ1) is 14.4. The molecule has 19 heavy (non-hydrogen) atoms. The molecule has 1 saturated carbocycles. The summed E-state index contributed by atoms with van der Waals surface area (Å²) in [5.74, 6) is -2.58. The molecule has 1 aromatic carbocycles. The van der Waals surface area contributed by atoms with E-state index < -0.39 is 26.6 Å². The van der Waals surface area contributed by atoms with Gasteiger partial charge in [0.2, 0.25) is 10.0 Å². The Balaban J connectivity index is 2.37. The van der Waals surface area contributed by atoms with Crippen molar-refractivity contribution in [3.8, 4) is 0 Å². The van der Waals surface area contributed by atoms with E-state index >= 15 is 0 Å². The Morgan fingerprint density at radius 3 is 2.47 bits per heavy atom. The van der Waals surface area contributed by atoms with E-state index in [9.17, 15) is 17.2 Å². The number of halogens is 2. The number of benzene rings is 1. The molecular formula is C12H16F2N2O2S. The van der Waals surface area contributed by atoms with Crippen molar-refractivity contribution < 1.29 is 17.2 Å². The molecule has 1 unspecified atom stereocenters. The summed E-state index contributed by atoms with van der Waals surface area (Å²) in [6.07, 6.45) is 0.674. The molecule has 4 nitrogen and oxygen atoms in total. The number of hydrogen-bond acceptors (Lipinski definition) is 3. The monoisotopic (exact) mass is 290 g/mol. The van der Waals surface area contributed by atoms with Crippen molar-refractivity contribution >= 4 is 10.0 Å². The zero-order chi connectivity index (χ0) is 14.4. The van der Waals surface area contributed by atoms with Gasteiger partial charge in [0.05, 0.1) is 0 Å². The van der Waals surface area contributed by atoms with Crippen LogP contribution in [0.4, 0.5) is 8.78 Å². The van der Waals surface area contributed by atoms with Gasteiger partial charge in [0.15, 0.2) is 11.6 Å². The molecule has 0 saturated heterocycles. The maximum absolute atomic E-state index is 13.6. The van der Waals surface area contributed by atoms with Crippen LogP contribution in [-0.2, 0) is 16.6 Å². The third kappa shape index (κ3) is 2.77. The van der Waals surface area contributed by atoms with Gasteiger partial charge in [-0.2, -0.15) is 0 Å². The van der Waals surface area contributed by atoms with Gasteiger partial charge in [0.1, 0.15) is 4.90 Å². The Bertz CT molecular complexity index is 614. The van der Waals surface area contributed by atoms with Crippen LogP contribution in [0.5, 0.6) is 0 Å². The van der Waals surface area contributed by atoms with E-state index in [-0.39, 0.29) is 23.6 Å². The average Bonchev–Trinajstić information content (AvgIpc) is 2.88. The minimum Gasteiger partial charge on any atom is -0.326 e. The quantitative estimate of drug-likeness (QED) is 0.882. The molecule has 0 amide bonds. The van der Waals surface area contributed by atoms with Gasteiger partial charge in [-0.25, -0.2) is 21.9 Å². The Morgan fingerprint density at radius 1 is 1.42 bits per heavy atom. The van der Waals surface area contributed by atoms with E-state index in [4.69, 9.17) is 5.73 Å². The van der Waals surface area contributed by atoms with Gasteiger partial charge in [0, 0.05) is 12.6 Å². The molecule has 1 fully saturated rings. The maximum atomic E-state index is 13.6. The number of nitrogens with one attached hydrogen (secondary N) is 1. The fourth-order valence-electron chi connectivity index (χ4n) is 1.85. The van der Waals surface area contributed by atoms with Crippen LogP contribution in [0.1, 0.15) is 25.8 Å². The summed E-state index contributed by atoms with van der Waals surface area (Å²) in [6, 6.07) is 1.72. The fraction of sp³-hybridized carbons (Fsp3) is 0.500. The molecule has 0 aromatic heterocycles. The standard InChI is InChI=1S/C12H16F2N2O2S/c1-12(2)5-10(12)16-19(17,18)9-4-7(6-15)3-8(13)11(9)14/h3-4,10,16H,5-6,15H2,1-2H3. The van der Waals surface area contributed by atoms with E-state index in [0.29, 0.717) is 6.42 Å². The lowest BCUT2D eigenvalue weighted by Gasteiger charge is -2.10. The minimum atomic E-state index is -4.07. The van der Waals surface area contributed by atoms with Gasteiger partial charge in [0.25, 0.3) is 0 Å². The van der Waals surface area contributed by atoms with Gasteiger partial charge in [-0.15, -0.1) is 0 Å². The zero-order valence-corrected chi connectivity index (χ0v) is 11.5. The van der Waals surface area contributed by atoms with Crippen LogP contribution in [0.3, 0.4) is 0 Å². The van der Waals surface area contributed by atoms with Crippen molar-refractivity contribution in [2.45, 2.75) is 37.8 Å². The SMILES string of the molecule is CC1(C)CC1NS(=O)(=O)c1cc(CN)cc(F)c1F. The van der Waals surface area contributed by atoms with Crippen molar-refractivity contribution in [1.82, 2.24) is 4.72 Å². The highest BCUT2D eigenvalue weighted by Gasteiger charge is 2.48. The first-order valence-corrected chi connectivity index (χ1v) is 7.36. The molecule has 7 heteroatoms. The summed E-state index contributed by atoms with van der Waals surface area (Å²) in [5, 5.41) is 0. The van der Waals surface area contributed by atoms with Gasteiger partial charge in [-0.1, -0.05) is 13.8 Å². The van der Waals surface area contributed by atoms with Gasteiger partial charge >= 0.3 is 0 Å². The van der Waals surface area contributed by atoms with Crippen LogP contribution >= 0.6 is 0 Å². The lowest BCUT2D eigenvalue weighted by atomic mass is 10.2. The summed E-state index contributed by atoms with van der Waals surface area (Å²) >= 11 is 0. The lowest BCUT2D eigenvalue weighted by molar-refractivity contribution is 0.480. The maximum Gasteiger partial charge on any atom is 0.243 e. The first-order valence-electron chi connectivity index (χ1n) is 5.88. The predicted molar refractivity (Wildman–Crippen MR) is 66.8 cm³/mol. The third-order valence-electron chi connectivity index (χ3n) is 3.39. The van der Waals surface area contributed by atoms with Crippen LogP contribution in [0, 0.1) is 17.0 Å². The third-order valence-corrected chi connectivity index (χ3v) is 4.86. The Kier molecular flexibility index (Phi) is 3.40. The smallest absolute Gasteiger partial charge is 0.243 e. The molecule has 0 bridgehead atoms. The van der Waals surface area contributed by atoms with Crippen LogP contribution in [-0.4, -0.2) is 14.5 Å². The van der Waals surface area contributed by atoms with Crippen molar-refractivity contribution in [2.24, 2.45) is 11.1 Å². The molecule has 1 aromatic rings. The van der Waals surface area contributed by atoms with Gasteiger partial charge in [-0.3, -0.25) is 0 Å². The summed E-state index contributed by atoms with van der Waals surface area (Å²) in [7, 11) is -4.07. The Morgan fingerprint density at radius 2 is 2.00 bits per heavy atom. The Labute approximate surface area is 111 Å². The molecule has 1 atom stereocenters. The largest absolute Gasteiger partial charge is 0.326 e. The van der Waals surface area contributed by atoms with E-state index in [2.05, 4.69) is 4.72 Å². The molecule has 0 spiro atoms. The van der Waals surface area contributed by atoms with E-state index in [0.717, 1.165) is 12.1 Å². The van der Waals surface area contributed by atoms with Gasteiger partial charge < -0.3 is 5.73 Å². The number of rotatable bonds is 4. The van der Waals surface area contributed by atoms with E-state index in [1.807, 2.05) is 13.8 Å². The second kappa shape index (κ2) is 4.50. The van der Waals surface area contributed by atoms with Crippen molar-refractivity contribution in [1.29, 1.82) is 0 Å². The Hall–Kier alpha value is -1.05.